The third-order valence-corrected chi connectivity index (χ3v) is 7.32. The van der Waals surface area contributed by atoms with Gasteiger partial charge in [0.2, 0.25) is 5.91 Å². The lowest BCUT2D eigenvalue weighted by Gasteiger charge is -2.35. The lowest BCUT2D eigenvalue weighted by atomic mass is 9.99. The maximum atomic E-state index is 12.7. The van der Waals surface area contributed by atoms with Crippen molar-refractivity contribution in [3.63, 3.8) is 0 Å². The summed E-state index contributed by atoms with van der Waals surface area (Å²) < 4.78 is 0.633. The van der Waals surface area contributed by atoms with Crippen LogP contribution in [0.1, 0.15) is 69.4 Å². The smallest absolute Gasteiger partial charge is 0.266 e. The number of carbonyl (C=O) groups excluding carboxylic acids is 2. The fourth-order valence-corrected chi connectivity index (χ4v) is 5.44. The number of likely N-dealkylation sites (tertiary alicyclic amines) is 1. The van der Waals surface area contributed by atoms with Crippen molar-refractivity contribution in [2.24, 2.45) is 0 Å². The van der Waals surface area contributed by atoms with Crippen molar-refractivity contribution in [1.82, 2.24) is 9.80 Å². The molecule has 2 aliphatic heterocycles. The second-order valence-electron chi connectivity index (χ2n) is 8.20. The lowest BCUT2D eigenvalue weighted by molar-refractivity contribution is -0.135. The van der Waals surface area contributed by atoms with Gasteiger partial charge in [-0.1, -0.05) is 67.2 Å². The van der Waals surface area contributed by atoms with Gasteiger partial charge in [0.25, 0.3) is 5.91 Å². The molecule has 2 amide bonds. The van der Waals surface area contributed by atoms with Crippen LogP contribution in [0.3, 0.4) is 0 Å². The predicted octanol–water partition coefficient (Wildman–Crippen LogP) is 5.55. The number of thioether (sulfide) groups is 1. The van der Waals surface area contributed by atoms with Gasteiger partial charge in [-0.2, -0.15) is 0 Å². The van der Waals surface area contributed by atoms with Crippen LogP contribution in [0.15, 0.2) is 29.2 Å². The molecule has 0 N–H and O–H groups in total. The van der Waals surface area contributed by atoms with Crippen LogP contribution < -0.4 is 0 Å². The van der Waals surface area contributed by atoms with Gasteiger partial charge < -0.3 is 4.90 Å². The number of thiocarbonyl (C=S) groups is 1. The van der Waals surface area contributed by atoms with Crippen molar-refractivity contribution < 1.29 is 9.59 Å². The van der Waals surface area contributed by atoms with Crippen LogP contribution in [0.2, 0.25) is 0 Å². The molecule has 0 spiro atoms. The van der Waals surface area contributed by atoms with Gasteiger partial charge in [0.05, 0.1) is 4.91 Å². The molecule has 0 saturated carbocycles. The zero-order valence-corrected chi connectivity index (χ0v) is 19.7. The van der Waals surface area contributed by atoms with Crippen molar-refractivity contribution in [3.8, 4) is 0 Å². The Labute approximate surface area is 190 Å². The molecule has 0 bridgehead atoms. The highest BCUT2D eigenvalue weighted by Crippen LogP contribution is 2.32. The second-order valence-corrected chi connectivity index (χ2v) is 9.88. The molecule has 30 heavy (non-hydrogen) atoms. The van der Waals surface area contributed by atoms with Gasteiger partial charge in [0, 0.05) is 25.6 Å². The maximum Gasteiger partial charge on any atom is 0.266 e. The zero-order valence-electron chi connectivity index (χ0n) is 18.1. The van der Waals surface area contributed by atoms with Crippen molar-refractivity contribution >= 4 is 46.2 Å². The Kier molecular flexibility index (Phi) is 8.51. The van der Waals surface area contributed by atoms with Gasteiger partial charge in [-0.3, -0.25) is 14.5 Å². The van der Waals surface area contributed by atoms with Crippen LogP contribution in [0.4, 0.5) is 0 Å². The number of hydrogen-bond acceptors (Lipinski definition) is 4. The van der Waals surface area contributed by atoms with Gasteiger partial charge in [0.1, 0.15) is 4.32 Å². The van der Waals surface area contributed by atoms with E-state index in [1.807, 2.05) is 37.3 Å². The maximum absolute atomic E-state index is 12.7. The molecule has 2 saturated heterocycles. The number of carbonyl (C=O) groups is 2. The van der Waals surface area contributed by atoms with Crippen molar-refractivity contribution in [2.45, 2.75) is 71.3 Å². The van der Waals surface area contributed by atoms with Crippen LogP contribution in [0.5, 0.6) is 0 Å². The lowest BCUT2D eigenvalue weighted by Crippen LogP contribution is -2.43. The van der Waals surface area contributed by atoms with Crippen LogP contribution in [0.25, 0.3) is 6.08 Å². The van der Waals surface area contributed by atoms with Gasteiger partial charge in [-0.15, -0.1) is 0 Å². The molecule has 162 valence electrons. The molecule has 2 heterocycles. The monoisotopic (exact) mass is 444 g/mol. The average molecular weight is 445 g/mol. The number of piperidine rings is 1. The Hall–Kier alpha value is -1.66. The Morgan fingerprint density at radius 3 is 2.70 bits per heavy atom. The number of aryl methyl sites for hydroxylation is 1. The third kappa shape index (κ3) is 5.94. The SMILES string of the molecule is CCC1CCCCN1C(=O)CCCCCN1C(=O)C(=Cc2ccc(C)cc2)SC1=S. The average Bonchev–Trinajstić information content (AvgIpc) is 3.02. The highest BCUT2D eigenvalue weighted by Gasteiger charge is 2.31. The van der Waals surface area contributed by atoms with E-state index in [9.17, 15) is 9.59 Å². The van der Waals surface area contributed by atoms with Gasteiger partial charge in [-0.05, 0) is 57.1 Å². The summed E-state index contributed by atoms with van der Waals surface area (Å²) in [7, 11) is 0. The number of benzene rings is 1. The molecule has 2 aliphatic rings. The summed E-state index contributed by atoms with van der Waals surface area (Å²) in [4.78, 5) is 29.8. The summed E-state index contributed by atoms with van der Waals surface area (Å²) >= 11 is 6.81. The van der Waals surface area contributed by atoms with Crippen LogP contribution in [-0.4, -0.2) is 45.1 Å². The van der Waals surface area contributed by atoms with Crippen LogP contribution in [-0.2, 0) is 9.59 Å². The van der Waals surface area contributed by atoms with E-state index in [-0.39, 0.29) is 5.91 Å². The minimum Gasteiger partial charge on any atom is -0.340 e. The molecule has 2 fully saturated rings. The Morgan fingerprint density at radius 2 is 1.97 bits per heavy atom. The standard InChI is InChI=1S/C24H32N2O2S2/c1-3-20-9-6-8-15-25(20)22(27)10-5-4-7-16-26-23(28)21(30-24(26)29)17-19-13-11-18(2)12-14-19/h11-14,17,20H,3-10,15-16H2,1-2H3. The Morgan fingerprint density at radius 1 is 1.20 bits per heavy atom. The third-order valence-electron chi connectivity index (χ3n) is 5.94. The van der Waals surface area contributed by atoms with Gasteiger partial charge in [0.15, 0.2) is 0 Å². The summed E-state index contributed by atoms with van der Waals surface area (Å²) in [5, 5.41) is 0. The molecule has 0 aromatic heterocycles. The van der Waals surface area contributed by atoms with E-state index in [1.165, 1.54) is 23.7 Å². The summed E-state index contributed by atoms with van der Waals surface area (Å²) in [6.45, 7) is 5.77. The molecule has 1 atom stereocenters. The fourth-order valence-electron chi connectivity index (χ4n) is 4.13. The first kappa shape index (κ1) is 23.0. The number of nitrogens with zero attached hydrogens (tertiary/aromatic N) is 2. The predicted molar refractivity (Wildman–Crippen MR) is 129 cm³/mol. The molecule has 1 aromatic rings. The molecular weight excluding hydrogens is 412 g/mol. The van der Waals surface area contributed by atoms with Crippen molar-refractivity contribution in [2.75, 3.05) is 13.1 Å². The number of unbranched alkanes of at least 4 members (excludes halogenated alkanes) is 2. The molecule has 1 unspecified atom stereocenters. The van der Waals surface area contributed by atoms with E-state index in [4.69, 9.17) is 12.2 Å². The van der Waals surface area contributed by atoms with Crippen molar-refractivity contribution in [1.29, 1.82) is 0 Å². The minimum atomic E-state index is 0.000700. The molecule has 4 nitrogen and oxygen atoms in total. The van der Waals surface area contributed by atoms with Crippen molar-refractivity contribution in [3.05, 3.63) is 40.3 Å². The largest absolute Gasteiger partial charge is 0.340 e. The van der Waals surface area contributed by atoms with Crippen LogP contribution >= 0.6 is 24.0 Å². The Balaban J connectivity index is 1.42. The molecular formula is C24H32N2O2S2. The Bertz CT molecular complexity index is 804. The number of hydrogen-bond donors (Lipinski definition) is 0. The second kappa shape index (κ2) is 11.1. The number of rotatable bonds is 8. The minimum absolute atomic E-state index is 0.000700. The quantitative estimate of drug-likeness (QED) is 0.299. The molecule has 3 rings (SSSR count). The number of amides is 2. The van der Waals surface area contributed by atoms with E-state index in [2.05, 4.69) is 11.8 Å². The van der Waals surface area contributed by atoms with E-state index < -0.39 is 0 Å². The van der Waals surface area contributed by atoms with Gasteiger partial charge >= 0.3 is 0 Å². The summed E-state index contributed by atoms with van der Waals surface area (Å²) in [6, 6.07) is 8.55. The highest BCUT2D eigenvalue weighted by atomic mass is 32.2. The summed E-state index contributed by atoms with van der Waals surface area (Å²) in [5.74, 6) is 0.300. The van der Waals surface area contributed by atoms with Gasteiger partial charge in [-0.25, -0.2) is 0 Å². The first-order valence-corrected chi connectivity index (χ1v) is 12.3. The summed E-state index contributed by atoms with van der Waals surface area (Å²) in [6.07, 6.45) is 9.78. The van der Waals surface area contributed by atoms with E-state index in [0.29, 0.717) is 34.1 Å². The molecule has 1 aromatic carbocycles. The molecule has 0 aliphatic carbocycles. The fraction of sp³-hybridized carbons (Fsp3) is 0.542. The molecule has 0 radical (unpaired) electrons. The van der Waals surface area contributed by atoms with E-state index >= 15 is 0 Å². The van der Waals surface area contributed by atoms with Crippen LogP contribution in [0, 0.1) is 6.92 Å². The van der Waals surface area contributed by atoms with E-state index in [1.54, 1.807) is 4.90 Å². The summed E-state index contributed by atoms with van der Waals surface area (Å²) in [5.41, 5.74) is 2.21. The molecule has 6 heteroatoms. The first-order valence-electron chi connectivity index (χ1n) is 11.1. The topological polar surface area (TPSA) is 40.6 Å². The van der Waals surface area contributed by atoms with E-state index in [0.717, 1.165) is 50.6 Å². The first-order chi connectivity index (χ1) is 14.5. The zero-order chi connectivity index (χ0) is 21.5. The normalized spacial score (nSPS) is 21.0. The highest BCUT2D eigenvalue weighted by molar-refractivity contribution is 8.26.